The van der Waals surface area contributed by atoms with Gasteiger partial charge in [-0.2, -0.15) is 0 Å². The third kappa shape index (κ3) is 2.56. The van der Waals surface area contributed by atoms with Gasteiger partial charge in [-0.3, -0.25) is 9.48 Å². The van der Waals surface area contributed by atoms with Crippen molar-refractivity contribution < 1.29 is 4.79 Å². The van der Waals surface area contributed by atoms with E-state index in [9.17, 15) is 4.79 Å². The minimum absolute atomic E-state index is 0.0415. The molecule has 98 valence electrons. The summed E-state index contributed by atoms with van der Waals surface area (Å²) in [5.74, 6) is 0.267. The summed E-state index contributed by atoms with van der Waals surface area (Å²) in [6.45, 7) is 0. The summed E-state index contributed by atoms with van der Waals surface area (Å²) in [7, 11) is 1.83. The minimum atomic E-state index is -0.0415. The average molecular weight is 256 g/mol. The fourth-order valence-corrected chi connectivity index (χ4v) is 2.51. The van der Waals surface area contributed by atoms with Crippen molar-refractivity contribution in [2.45, 2.75) is 24.9 Å². The van der Waals surface area contributed by atoms with Gasteiger partial charge in [0.05, 0.1) is 6.04 Å². The van der Waals surface area contributed by atoms with E-state index in [1.54, 1.807) is 4.68 Å². The molecule has 5 heteroatoms. The molecule has 2 unspecified atom stereocenters. The standard InChI is InChI=1S/C14H16N4O/c1-18-9-14(16-17-18)13-8-11(19)7-12(15-13)10-5-3-2-4-6-10/h2-6,9,12-13,15H,7-8H2,1H3. The second-order valence-electron chi connectivity index (χ2n) is 4.95. The van der Waals surface area contributed by atoms with Gasteiger partial charge in [-0.25, -0.2) is 0 Å². The Morgan fingerprint density at radius 2 is 1.95 bits per heavy atom. The SMILES string of the molecule is Cn1cc(C2CC(=O)CC(c3ccccc3)N2)nn1. The number of piperidine rings is 1. The van der Waals surface area contributed by atoms with Crippen molar-refractivity contribution >= 4 is 5.78 Å². The normalized spacial score (nSPS) is 23.5. The average Bonchev–Trinajstić information content (AvgIpc) is 2.86. The van der Waals surface area contributed by atoms with E-state index in [-0.39, 0.29) is 17.9 Å². The predicted octanol–water partition coefficient (Wildman–Crippen LogP) is 1.55. The molecule has 0 saturated carbocycles. The number of nitrogens with zero attached hydrogens (tertiary/aromatic N) is 3. The van der Waals surface area contributed by atoms with Crippen LogP contribution in [-0.2, 0) is 11.8 Å². The number of aryl methyl sites for hydroxylation is 1. The van der Waals surface area contributed by atoms with Crippen molar-refractivity contribution in [3.63, 3.8) is 0 Å². The molecule has 1 aliphatic heterocycles. The number of hydrogen-bond acceptors (Lipinski definition) is 4. The molecular weight excluding hydrogens is 240 g/mol. The summed E-state index contributed by atoms with van der Waals surface area (Å²) < 4.78 is 1.66. The topological polar surface area (TPSA) is 59.8 Å². The summed E-state index contributed by atoms with van der Waals surface area (Å²) >= 11 is 0. The Balaban J connectivity index is 1.83. The number of benzene rings is 1. The highest BCUT2D eigenvalue weighted by molar-refractivity contribution is 5.81. The lowest BCUT2D eigenvalue weighted by Gasteiger charge is -2.29. The number of hydrogen-bond donors (Lipinski definition) is 1. The van der Waals surface area contributed by atoms with E-state index in [2.05, 4.69) is 15.6 Å². The highest BCUT2D eigenvalue weighted by Crippen LogP contribution is 2.29. The molecule has 1 aliphatic rings. The summed E-state index contributed by atoms with van der Waals surface area (Å²) in [4.78, 5) is 11.9. The van der Waals surface area contributed by atoms with Gasteiger partial charge in [-0.1, -0.05) is 35.5 Å². The second kappa shape index (κ2) is 4.93. The number of Topliss-reactive ketones (excluding diaryl/α,β-unsaturated/α-hetero) is 1. The van der Waals surface area contributed by atoms with Crippen LogP contribution < -0.4 is 5.32 Å². The Kier molecular flexibility index (Phi) is 3.13. The van der Waals surface area contributed by atoms with E-state index >= 15 is 0 Å². The lowest BCUT2D eigenvalue weighted by atomic mass is 9.91. The maximum atomic E-state index is 11.9. The van der Waals surface area contributed by atoms with Crippen LogP contribution in [0.4, 0.5) is 0 Å². The van der Waals surface area contributed by atoms with E-state index in [4.69, 9.17) is 0 Å². The van der Waals surface area contributed by atoms with Gasteiger partial charge >= 0.3 is 0 Å². The molecule has 0 radical (unpaired) electrons. The van der Waals surface area contributed by atoms with E-state index in [1.165, 1.54) is 0 Å². The van der Waals surface area contributed by atoms with E-state index in [1.807, 2.05) is 43.6 Å². The predicted molar refractivity (Wildman–Crippen MR) is 70.3 cm³/mol. The molecule has 0 bridgehead atoms. The Bertz CT molecular complexity index is 578. The smallest absolute Gasteiger partial charge is 0.136 e. The van der Waals surface area contributed by atoms with Crippen LogP contribution in [0.5, 0.6) is 0 Å². The molecular formula is C14H16N4O. The van der Waals surface area contributed by atoms with Crippen molar-refractivity contribution in [1.82, 2.24) is 20.3 Å². The van der Waals surface area contributed by atoms with Gasteiger partial charge in [-0.05, 0) is 5.56 Å². The third-order valence-corrected chi connectivity index (χ3v) is 3.45. The molecule has 19 heavy (non-hydrogen) atoms. The van der Waals surface area contributed by atoms with Crippen molar-refractivity contribution in [1.29, 1.82) is 0 Å². The number of nitrogens with one attached hydrogen (secondary N) is 1. The molecule has 1 N–H and O–H groups in total. The number of ketones is 1. The summed E-state index contributed by atoms with van der Waals surface area (Å²) in [6.07, 6.45) is 2.89. The molecule has 5 nitrogen and oxygen atoms in total. The zero-order valence-corrected chi connectivity index (χ0v) is 10.8. The molecule has 0 amide bonds. The highest BCUT2D eigenvalue weighted by atomic mass is 16.1. The molecule has 1 aromatic heterocycles. The Labute approximate surface area is 111 Å². The van der Waals surface area contributed by atoms with Gasteiger partial charge in [0.2, 0.25) is 0 Å². The maximum Gasteiger partial charge on any atom is 0.136 e. The Morgan fingerprint density at radius 3 is 2.63 bits per heavy atom. The number of carbonyl (C=O) groups is 1. The maximum absolute atomic E-state index is 11.9. The first-order valence-electron chi connectivity index (χ1n) is 6.41. The van der Waals surface area contributed by atoms with Crippen molar-refractivity contribution in [2.24, 2.45) is 7.05 Å². The molecule has 2 aromatic rings. The van der Waals surface area contributed by atoms with Crippen LogP contribution in [0.25, 0.3) is 0 Å². The number of rotatable bonds is 2. The Morgan fingerprint density at radius 1 is 1.21 bits per heavy atom. The van der Waals surface area contributed by atoms with Crippen LogP contribution in [0, 0.1) is 0 Å². The molecule has 2 heterocycles. The Hall–Kier alpha value is -2.01. The van der Waals surface area contributed by atoms with Crippen LogP contribution in [0.1, 0.15) is 36.2 Å². The zero-order chi connectivity index (χ0) is 13.2. The quantitative estimate of drug-likeness (QED) is 0.885. The molecule has 3 rings (SSSR count). The molecule has 1 aromatic carbocycles. The second-order valence-corrected chi connectivity index (χ2v) is 4.95. The largest absolute Gasteiger partial charge is 0.301 e. The first-order valence-corrected chi connectivity index (χ1v) is 6.41. The van der Waals surface area contributed by atoms with Gasteiger partial charge in [0, 0.05) is 32.1 Å². The summed E-state index contributed by atoms with van der Waals surface area (Å²) in [6, 6.07) is 10.1. The van der Waals surface area contributed by atoms with E-state index in [0.717, 1.165) is 11.3 Å². The number of carbonyl (C=O) groups excluding carboxylic acids is 1. The van der Waals surface area contributed by atoms with Gasteiger partial charge in [0.25, 0.3) is 0 Å². The van der Waals surface area contributed by atoms with Crippen molar-refractivity contribution in [2.75, 3.05) is 0 Å². The third-order valence-electron chi connectivity index (χ3n) is 3.45. The van der Waals surface area contributed by atoms with Crippen LogP contribution in [0.2, 0.25) is 0 Å². The van der Waals surface area contributed by atoms with E-state index in [0.29, 0.717) is 12.8 Å². The fraction of sp³-hybridized carbons (Fsp3) is 0.357. The lowest BCUT2D eigenvalue weighted by molar-refractivity contribution is -0.121. The van der Waals surface area contributed by atoms with Gasteiger partial charge in [-0.15, -0.1) is 5.10 Å². The van der Waals surface area contributed by atoms with Crippen molar-refractivity contribution in [3.05, 3.63) is 47.8 Å². The van der Waals surface area contributed by atoms with Crippen LogP contribution >= 0.6 is 0 Å². The van der Waals surface area contributed by atoms with Gasteiger partial charge in [0.1, 0.15) is 11.5 Å². The summed E-state index contributed by atoms with van der Waals surface area (Å²) in [5.41, 5.74) is 1.97. The lowest BCUT2D eigenvalue weighted by Crippen LogP contribution is -2.35. The van der Waals surface area contributed by atoms with Crippen LogP contribution in [-0.4, -0.2) is 20.8 Å². The molecule has 2 atom stereocenters. The zero-order valence-electron chi connectivity index (χ0n) is 10.8. The molecule has 0 spiro atoms. The first-order chi connectivity index (χ1) is 9.22. The fourth-order valence-electron chi connectivity index (χ4n) is 2.51. The van der Waals surface area contributed by atoms with Crippen LogP contribution in [0.15, 0.2) is 36.5 Å². The van der Waals surface area contributed by atoms with Crippen molar-refractivity contribution in [3.8, 4) is 0 Å². The van der Waals surface area contributed by atoms with Gasteiger partial charge in [0.15, 0.2) is 0 Å². The van der Waals surface area contributed by atoms with Gasteiger partial charge < -0.3 is 5.32 Å². The highest BCUT2D eigenvalue weighted by Gasteiger charge is 2.29. The van der Waals surface area contributed by atoms with Crippen LogP contribution in [0.3, 0.4) is 0 Å². The minimum Gasteiger partial charge on any atom is -0.301 e. The number of aromatic nitrogens is 3. The molecule has 1 fully saturated rings. The summed E-state index contributed by atoms with van der Waals surface area (Å²) in [5, 5.41) is 11.5. The molecule has 0 aliphatic carbocycles. The monoisotopic (exact) mass is 256 g/mol. The van der Waals surface area contributed by atoms with E-state index < -0.39 is 0 Å². The first kappa shape index (κ1) is 12.0. The molecule has 1 saturated heterocycles.